The Bertz CT molecular complexity index is 691. The predicted octanol–water partition coefficient (Wildman–Crippen LogP) is 2.58. The standard InChI is InChI=1S/C18H26F3N3OS.H2O/c1-2-24-16(18(19,20)21)9-15(22-24)13-3-5-14(6-4-13)23-8-7-17(10-23)11-26(25)12-17;/h9,13-14H,2-8,10-12H2,1H3;1H2. The summed E-state index contributed by atoms with van der Waals surface area (Å²) in [5, 5.41) is 4.24. The summed E-state index contributed by atoms with van der Waals surface area (Å²) in [5.41, 5.74) is 0.268. The quantitative estimate of drug-likeness (QED) is 0.773. The Balaban J connectivity index is 0.00000210. The number of aryl methyl sites for hydroxylation is 1. The summed E-state index contributed by atoms with van der Waals surface area (Å²) < 4.78 is 52.0. The Morgan fingerprint density at radius 2 is 1.93 bits per heavy atom. The Labute approximate surface area is 160 Å². The Morgan fingerprint density at radius 1 is 1.26 bits per heavy atom. The van der Waals surface area contributed by atoms with Crippen molar-refractivity contribution < 1.29 is 22.9 Å². The van der Waals surface area contributed by atoms with E-state index in [-0.39, 0.29) is 17.9 Å². The van der Waals surface area contributed by atoms with Crippen molar-refractivity contribution in [3.05, 3.63) is 17.5 Å². The molecule has 3 aliphatic rings. The summed E-state index contributed by atoms with van der Waals surface area (Å²) in [6, 6.07) is 1.78. The molecule has 0 bridgehead atoms. The largest absolute Gasteiger partial charge is 0.433 e. The number of hydrogen-bond donors (Lipinski definition) is 0. The van der Waals surface area contributed by atoms with Gasteiger partial charge in [-0.25, -0.2) is 0 Å². The van der Waals surface area contributed by atoms with Crippen molar-refractivity contribution in [1.82, 2.24) is 14.7 Å². The molecule has 1 saturated carbocycles. The minimum atomic E-state index is -4.34. The van der Waals surface area contributed by atoms with Crippen LogP contribution in [0.1, 0.15) is 56.3 Å². The number of alkyl halides is 3. The topological polar surface area (TPSA) is 69.6 Å². The second-order valence-electron chi connectivity index (χ2n) is 8.22. The zero-order valence-corrected chi connectivity index (χ0v) is 16.4. The highest BCUT2D eigenvalue weighted by Gasteiger charge is 2.49. The molecule has 1 aliphatic carbocycles. The fourth-order valence-electron chi connectivity index (χ4n) is 5.00. The van der Waals surface area contributed by atoms with Gasteiger partial charge in [0.1, 0.15) is 5.69 Å². The van der Waals surface area contributed by atoms with Gasteiger partial charge in [0.05, 0.1) is 5.69 Å². The highest BCUT2D eigenvalue weighted by molar-refractivity contribution is 7.86. The lowest BCUT2D eigenvalue weighted by Crippen LogP contribution is -2.48. The Morgan fingerprint density at radius 3 is 2.44 bits per heavy atom. The molecule has 4 rings (SSSR count). The molecular formula is C18H28F3N3O2S. The lowest BCUT2D eigenvalue weighted by molar-refractivity contribution is -0.144. The number of nitrogens with zero attached hydrogens (tertiary/aromatic N) is 3. The van der Waals surface area contributed by atoms with E-state index in [1.165, 1.54) is 6.07 Å². The van der Waals surface area contributed by atoms with E-state index < -0.39 is 22.7 Å². The van der Waals surface area contributed by atoms with E-state index in [2.05, 4.69) is 10.00 Å². The molecule has 9 heteroatoms. The Hall–Kier alpha value is -0.930. The van der Waals surface area contributed by atoms with Crippen LogP contribution in [0.4, 0.5) is 13.2 Å². The molecule has 1 spiro atoms. The zero-order chi connectivity index (χ0) is 18.5. The van der Waals surface area contributed by atoms with Gasteiger partial charge in [-0.2, -0.15) is 18.3 Å². The summed E-state index contributed by atoms with van der Waals surface area (Å²) in [6.07, 6.45) is 0.643. The molecule has 154 valence electrons. The highest BCUT2D eigenvalue weighted by Crippen LogP contribution is 2.43. The summed E-state index contributed by atoms with van der Waals surface area (Å²) in [4.78, 5) is 2.54. The molecule has 0 amide bonds. The number of aromatic nitrogens is 2. The molecule has 2 N–H and O–H groups in total. The Kier molecular flexibility index (Phi) is 5.76. The minimum absolute atomic E-state index is 0. The molecule has 5 nitrogen and oxygen atoms in total. The first-order valence-corrected chi connectivity index (χ1v) is 11.0. The average Bonchev–Trinajstić information content (AvgIpc) is 3.19. The molecule has 0 aromatic carbocycles. The van der Waals surface area contributed by atoms with Crippen LogP contribution in [0.15, 0.2) is 6.07 Å². The fraction of sp³-hybridized carbons (Fsp3) is 0.833. The smallest absolute Gasteiger partial charge is 0.412 e. The number of rotatable bonds is 3. The maximum Gasteiger partial charge on any atom is 0.433 e. The first-order chi connectivity index (χ1) is 12.3. The van der Waals surface area contributed by atoms with E-state index in [0.717, 1.165) is 61.4 Å². The van der Waals surface area contributed by atoms with Gasteiger partial charge in [-0.1, -0.05) is 0 Å². The van der Waals surface area contributed by atoms with Gasteiger partial charge < -0.3 is 5.48 Å². The molecular weight excluding hydrogens is 379 g/mol. The SMILES string of the molecule is CCn1nc(C2CCC(N3CCC4(C3)CS(=O)C4)CC2)cc1C(F)(F)F.O. The van der Waals surface area contributed by atoms with Gasteiger partial charge >= 0.3 is 6.18 Å². The molecule has 2 aliphatic heterocycles. The van der Waals surface area contributed by atoms with Crippen molar-refractivity contribution in [2.24, 2.45) is 5.41 Å². The molecule has 3 fully saturated rings. The highest BCUT2D eigenvalue weighted by atomic mass is 32.2. The lowest BCUT2D eigenvalue weighted by Gasteiger charge is -2.39. The normalized spacial score (nSPS) is 34.4. The maximum atomic E-state index is 13.1. The van der Waals surface area contributed by atoms with Crippen molar-refractivity contribution in [1.29, 1.82) is 0 Å². The molecule has 27 heavy (non-hydrogen) atoms. The predicted molar refractivity (Wildman–Crippen MR) is 98.0 cm³/mol. The summed E-state index contributed by atoms with van der Waals surface area (Å²) >= 11 is 0. The van der Waals surface area contributed by atoms with E-state index in [9.17, 15) is 17.4 Å². The van der Waals surface area contributed by atoms with Crippen molar-refractivity contribution in [2.75, 3.05) is 24.6 Å². The van der Waals surface area contributed by atoms with E-state index in [1.54, 1.807) is 6.92 Å². The van der Waals surface area contributed by atoms with Gasteiger partial charge in [0.25, 0.3) is 0 Å². The van der Waals surface area contributed by atoms with E-state index in [1.807, 2.05) is 0 Å². The van der Waals surface area contributed by atoms with Crippen LogP contribution in [0.3, 0.4) is 0 Å². The van der Waals surface area contributed by atoms with Crippen LogP contribution in [0.5, 0.6) is 0 Å². The zero-order valence-electron chi connectivity index (χ0n) is 15.6. The molecule has 0 radical (unpaired) electrons. The van der Waals surface area contributed by atoms with Gasteiger partial charge in [-0.3, -0.25) is 13.8 Å². The average molecular weight is 408 g/mol. The maximum absolute atomic E-state index is 13.1. The van der Waals surface area contributed by atoms with Gasteiger partial charge in [-0.05, 0) is 51.6 Å². The van der Waals surface area contributed by atoms with Gasteiger partial charge in [0, 0.05) is 52.8 Å². The van der Waals surface area contributed by atoms with Gasteiger partial charge in [0.2, 0.25) is 0 Å². The van der Waals surface area contributed by atoms with Crippen LogP contribution < -0.4 is 0 Å². The first-order valence-electron chi connectivity index (χ1n) is 9.54. The van der Waals surface area contributed by atoms with Crippen LogP contribution in [0.25, 0.3) is 0 Å². The van der Waals surface area contributed by atoms with Crippen molar-refractivity contribution in [2.45, 2.75) is 63.7 Å². The van der Waals surface area contributed by atoms with Crippen LogP contribution in [0.2, 0.25) is 0 Å². The molecule has 1 aromatic rings. The van der Waals surface area contributed by atoms with Crippen LogP contribution in [0, 0.1) is 5.41 Å². The molecule has 3 heterocycles. The summed E-state index contributed by atoms with van der Waals surface area (Å²) in [7, 11) is -0.609. The van der Waals surface area contributed by atoms with Crippen LogP contribution in [-0.4, -0.2) is 55.0 Å². The van der Waals surface area contributed by atoms with Gasteiger partial charge in [-0.15, -0.1) is 0 Å². The second-order valence-corrected chi connectivity index (χ2v) is 9.68. The van der Waals surface area contributed by atoms with Crippen LogP contribution >= 0.6 is 0 Å². The van der Waals surface area contributed by atoms with Crippen molar-refractivity contribution in [3.8, 4) is 0 Å². The number of likely N-dealkylation sites (tertiary alicyclic amines) is 1. The monoisotopic (exact) mass is 407 g/mol. The van der Waals surface area contributed by atoms with Crippen LogP contribution in [-0.2, 0) is 23.5 Å². The van der Waals surface area contributed by atoms with Gasteiger partial charge in [0.15, 0.2) is 0 Å². The molecule has 2 saturated heterocycles. The molecule has 1 aromatic heterocycles. The summed E-state index contributed by atoms with van der Waals surface area (Å²) in [6.45, 7) is 4.06. The second kappa shape index (κ2) is 7.48. The third-order valence-electron chi connectivity index (χ3n) is 6.42. The number of hydrogen-bond acceptors (Lipinski definition) is 3. The molecule has 0 atom stereocenters. The third kappa shape index (κ3) is 3.96. The summed E-state index contributed by atoms with van der Waals surface area (Å²) in [5.74, 6) is 1.84. The first kappa shape index (κ1) is 20.8. The van der Waals surface area contributed by atoms with Crippen molar-refractivity contribution in [3.63, 3.8) is 0 Å². The minimum Gasteiger partial charge on any atom is -0.412 e. The fourth-order valence-corrected chi connectivity index (χ4v) is 6.75. The molecule has 0 unspecified atom stereocenters. The third-order valence-corrected chi connectivity index (χ3v) is 8.29. The van der Waals surface area contributed by atoms with Crippen molar-refractivity contribution >= 4 is 10.8 Å². The number of halogens is 3. The van der Waals surface area contributed by atoms with E-state index in [4.69, 9.17) is 0 Å². The van der Waals surface area contributed by atoms with E-state index >= 15 is 0 Å². The van der Waals surface area contributed by atoms with E-state index in [0.29, 0.717) is 17.2 Å². The lowest BCUT2D eigenvalue weighted by atomic mass is 9.83.